The fraction of sp³-hybridized carbons (Fsp3) is 0.300. The molecular weight excluding hydrogens is 362 g/mol. The molecule has 4 nitrogen and oxygen atoms in total. The number of rotatable bonds is 0. The zero-order valence-electron chi connectivity index (χ0n) is 9.56. The molecule has 0 saturated heterocycles. The first-order valence-electron chi connectivity index (χ1n) is 5.26. The van der Waals surface area contributed by atoms with Gasteiger partial charge in [-0.05, 0) is 0 Å². The fourth-order valence-corrected chi connectivity index (χ4v) is 2.02. The van der Waals surface area contributed by atoms with Gasteiger partial charge >= 0.3 is 12.5 Å². The van der Waals surface area contributed by atoms with E-state index in [4.69, 9.17) is 34.8 Å². The SMILES string of the molecule is Fc1c2c(cc3[nH]c(C(Cl)(Cl)Cl)nc13)OC(F)C(F)(F)O2. The van der Waals surface area contributed by atoms with Crippen LogP contribution in [-0.4, -0.2) is 22.4 Å². The third-order valence-corrected chi connectivity index (χ3v) is 3.18. The third kappa shape index (κ3) is 2.35. The van der Waals surface area contributed by atoms with Gasteiger partial charge in [-0.2, -0.15) is 13.2 Å². The lowest BCUT2D eigenvalue weighted by molar-refractivity contribution is -0.282. The Morgan fingerprint density at radius 2 is 2.00 bits per heavy atom. The number of H-pyrrole nitrogens is 1. The number of aromatic nitrogens is 2. The Bertz CT molecular complexity index is 731. The number of nitrogens with one attached hydrogen (secondary N) is 1. The Kier molecular flexibility index (Phi) is 3.13. The summed E-state index contributed by atoms with van der Waals surface area (Å²) in [6.45, 7) is 0. The molecule has 0 fully saturated rings. The molecule has 2 heterocycles. The molecule has 1 aromatic heterocycles. The molecule has 21 heavy (non-hydrogen) atoms. The van der Waals surface area contributed by atoms with Gasteiger partial charge in [-0.1, -0.05) is 34.8 Å². The molecular formula is C10H3Cl3F4N2O2. The van der Waals surface area contributed by atoms with Gasteiger partial charge in [0.25, 0.3) is 0 Å². The van der Waals surface area contributed by atoms with Crippen LogP contribution in [0.25, 0.3) is 11.0 Å². The van der Waals surface area contributed by atoms with Gasteiger partial charge in [0.05, 0.1) is 5.52 Å². The summed E-state index contributed by atoms with van der Waals surface area (Å²) in [6, 6.07) is 1.02. The van der Waals surface area contributed by atoms with Gasteiger partial charge in [-0.15, -0.1) is 0 Å². The maximum atomic E-state index is 14.2. The summed E-state index contributed by atoms with van der Waals surface area (Å²) in [5, 5.41) is 0. The lowest BCUT2D eigenvalue weighted by Crippen LogP contribution is -2.43. The molecule has 0 radical (unpaired) electrons. The molecule has 1 unspecified atom stereocenters. The van der Waals surface area contributed by atoms with Crippen LogP contribution in [0.4, 0.5) is 17.6 Å². The highest BCUT2D eigenvalue weighted by atomic mass is 35.6. The molecule has 1 aliphatic heterocycles. The van der Waals surface area contributed by atoms with Crippen molar-refractivity contribution in [3.63, 3.8) is 0 Å². The van der Waals surface area contributed by atoms with Crippen LogP contribution in [0.1, 0.15) is 5.82 Å². The van der Waals surface area contributed by atoms with Crippen molar-refractivity contribution >= 4 is 45.8 Å². The molecule has 114 valence electrons. The Morgan fingerprint density at radius 1 is 1.33 bits per heavy atom. The van der Waals surface area contributed by atoms with Gasteiger partial charge in [-0.25, -0.2) is 9.37 Å². The number of hydrogen-bond donors (Lipinski definition) is 1. The normalized spacial score (nSPS) is 20.8. The molecule has 0 aliphatic carbocycles. The van der Waals surface area contributed by atoms with Crippen molar-refractivity contribution in [2.24, 2.45) is 0 Å². The average Bonchev–Trinajstić information content (AvgIpc) is 2.76. The van der Waals surface area contributed by atoms with Crippen LogP contribution in [0, 0.1) is 5.82 Å². The number of aromatic amines is 1. The standard InChI is InChI=1S/C10H3Cl3F4N2O2/c11-9(12,13)8-18-2-1-3-6(4(14)5(2)19-8)21-10(16,17)7(15)20-3/h1,7H,(H,18,19). The van der Waals surface area contributed by atoms with Crippen LogP contribution in [-0.2, 0) is 3.79 Å². The maximum Gasteiger partial charge on any atom is 0.468 e. The number of halogens is 7. The maximum absolute atomic E-state index is 14.2. The average molecular weight is 365 g/mol. The quantitative estimate of drug-likeness (QED) is 0.562. The van der Waals surface area contributed by atoms with E-state index in [9.17, 15) is 17.6 Å². The number of fused-ring (bicyclic) bond motifs is 2. The summed E-state index contributed by atoms with van der Waals surface area (Å²) in [4.78, 5) is 6.13. The molecule has 0 spiro atoms. The molecule has 0 amide bonds. The summed E-state index contributed by atoms with van der Waals surface area (Å²) in [5.74, 6) is -3.06. The summed E-state index contributed by atoms with van der Waals surface area (Å²) >= 11 is 16.7. The van der Waals surface area contributed by atoms with Crippen LogP contribution >= 0.6 is 34.8 Å². The first kappa shape index (κ1) is 14.8. The number of ether oxygens (including phenoxy) is 2. The van der Waals surface area contributed by atoms with Crippen molar-refractivity contribution in [1.82, 2.24) is 9.97 Å². The molecule has 2 aromatic rings. The molecule has 3 rings (SSSR count). The molecule has 11 heteroatoms. The predicted molar refractivity (Wildman–Crippen MR) is 66.4 cm³/mol. The van der Waals surface area contributed by atoms with Crippen LogP contribution in [0.5, 0.6) is 11.5 Å². The monoisotopic (exact) mass is 364 g/mol. The second-order valence-electron chi connectivity index (χ2n) is 4.09. The second-order valence-corrected chi connectivity index (χ2v) is 6.38. The van der Waals surface area contributed by atoms with E-state index in [1.165, 1.54) is 0 Å². The Hall–Kier alpha value is -1.12. The van der Waals surface area contributed by atoms with E-state index in [-0.39, 0.29) is 11.3 Å². The smallest absolute Gasteiger partial charge is 0.447 e. The van der Waals surface area contributed by atoms with Gasteiger partial charge in [0.2, 0.25) is 9.54 Å². The summed E-state index contributed by atoms with van der Waals surface area (Å²) < 4.78 is 59.7. The minimum absolute atomic E-state index is 0.0337. The first-order chi connectivity index (χ1) is 9.59. The number of benzene rings is 1. The van der Waals surface area contributed by atoms with E-state index < -0.39 is 39.1 Å². The van der Waals surface area contributed by atoms with Gasteiger partial charge in [0.1, 0.15) is 5.52 Å². The summed E-state index contributed by atoms with van der Waals surface area (Å²) in [7, 11) is 0. The topological polar surface area (TPSA) is 47.1 Å². The minimum Gasteiger partial charge on any atom is -0.447 e. The van der Waals surface area contributed by atoms with Gasteiger partial charge in [0, 0.05) is 6.07 Å². The van der Waals surface area contributed by atoms with Crippen LogP contribution in [0.15, 0.2) is 6.07 Å². The van der Waals surface area contributed by atoms with E-state index in [2.05, 4.69) is 19.4 Å². The number of hydrogen-bond acceptors (Lipinski definition) is 3. The van der Waals surface area contributed by atoms with Crippen LogP contribution in [0.3, 0.4) is 0 Å². The summed E-state index contributed by atoms with van der Waals surface area (Å²) in [6.07, 6.45) is -7.40. The fourth-order valence-electron chi connectivity index (χ4n) is 1.75. The van der Waals surface area contributed by atoms with Crippen molar-refractivity contribution in [1.29, 1.82) is 0 Å². The lowest BCUT2D eigenvalue weighted by Gasteiger charge is -2.28. The first-order valence-corrected chi connectivity index (χ1v) is 6.40. The predicted octanol–water partition coefficient (Wildman–Crippen LogP) is 4.19. The lowest BCUT2D eigenvalue weighted by atomic mass is 10.2. The van der Waals surface area contributed by atoms with E-state index in [1.807, 2.05) is 0 Å². The second kappa shape index (κ2) is 4.44. The van der Waals surface area contributed by atoms with E-state index >= 15 is 0 Å². The number of nitrogens with zero attached hydrogens (tertiary/aromatic N) is 1. The number of imidazole rings is 1. The molecule has 1 aliphatic rings. The van der Waals surface area contributed by atoms with Crippen molar-refractivity contribution in [2.45, 2.75) is 16.3 Å². The van der Waals surface area contributed by atoms with Gasteiger partial charge in [0.15, 0.2) is 17.4 Å². The van der Waals surface area contributed by atoms with Gasteiger partial charge in [-0.3, -0.25) is 0 Å². The molecule has 0 saturated carbocycles. The Morgan fingerprint density at radius 3 is 2.62 bits per heavy atom. The highest BCUT2D eigenvalue weighted by Gasteiger charge is 2.51. The largest absolute Gasteiger partial charge is 0.468 e. The molecule has 1 aromatic carbocycles. The zero-order valence-corrected chi connectivity index (χ0v) is 11.8. The van der Waals surface area contributed by atoms with E-state index in [1.54, 1.807) is 0 Å². The highest BCUT2D eigenvalue weighted by Crippen LogP contribution is 2.45. The summed E-state index contributed by atoms with van der Waals surface area (Å²) in [5.41, 5.74) is -0.444. The van der Waals surface area contributed by atoms with Crippen molar-refractivity contribution in [3.8, 4) is 11.5 Å². The Labute approximate surface area is 128 Å². The minimum atomic E-state index is -4.32. The van der Waals surface area contributed by atoms with Crippen molar-refractivity contribution < 1.29 is 27.0 Å². The van der Waals surface area contributed by atoms with Crippen LogP contribution < -0.4 is 9.47 Å². The van der Waals surface area contributed by atoms with E-state index in [0.717, 1.165) is 6.07 Å². The highest BCUT2D eigenvalue weighted by molar-refractivity contribution is 6.66. The van der Waals surface area contributed by atoms with Crippen molar-refractivity contribution in [3.05, 3.63) is 17.7 Å². The molecule has 1 atom stereocenters. The zero-order chi connectivity index (χ0) is 15.6. The van der Waals surface area contributed by atoms with Crippen LogP contribution in [0.2, 0.25) is 0 Å². The molecule has 0 bridgehead atoms. The third-order valence-electron chi connectivity index (χ3n) is 2.64. The number of alkyl halides is 6. The molecule has 1 N–H and O–H groups in total. The van der Waals surface area contributed by atoms with E-state index in [0.29, 0.717) is 0 Å². The van der Waals surface area contributed by atoms with Crippen molar-refractivity contribution in [2.75, 3.05) is 0 Å². The Balaban J connectivity index is 2.21. The van der Waals surface area contributed by atoms with Gasteiger partial charge < -0.3 is 14.5 Å².